The van der Waals surface area contributed by atoms with E-state index in [1.807, 2.05) is 4.90 Å². The first kappa shape index (κ1) is 20.4. The molecule has 3 aliphatic rings. The molecule has 0 saturated carbocycles. The number of likely N-dealkylation sites (tertiary alicyclic amines) is 1. The van der Waals surface area contributed by atoms with Crippen LogP contribution in [-0.4, -0.2) is 63.9 Å². The Balaban J connectivity index is 1.53. The Labute approximate surface area is 171 Å². The molecule has 0 bridgehead atoms. The summed E-state index contributed by atoms with van der Waals surface area (Å²) in [7, 11) is 0. The van der Waals surface area contributed by atoms with Crippen molar-refractivity contribution in [1.29, 1.82) is 0 Å². The molecule has 4 heterocycles. The Bertz CT molecular complexity index is 884. The lowest BCUT2D eigenvalue weighted by Crippen LogP contribution is -2.46. The maximum Gasteiger partial charge on any atom is 0.412 e. The number of carbonyl (C=O) groups excluding carboxylic acids is 1. The lowest BCUT2D eigenvalue weighted by Gasteiger charge is -2.29. The van der Waals surface area contributed by atoms with E-state index < -0.39 is 18.1 Å². The average molecular weight is 421 g/mol. The fourth-order valence-electron chi connectivity index (χ4n) is 3.89. The molecule has 1 saturated heterocycles. The van der Waals surface area contributed by atoms with E-state index >= 15 is 0 Å². The summed E-state index contributed by atoms with van der Waals surface area (Å²) >= 11 is 0. The van der Waals surface area contributed by atoms with Gasteiger partial charge in [-0.15, -0.1) is 0 Å². The van der Waals surface area contributed by atoms with E-state index in [-0.39, 0.29) is 23.5 Å². The van der Waals surface area contributed by atoms with Gasteiger partial charge in [-0.25, -0.2) is 0 Å². The minimum Gasteiger partial charge on any atom is -0.392 e. The number of alkyl halides is 3. The van der Waals surface area contributed by atoms with Gasteiger partial charge in [-0.05, 0) is 24.6 Å². The molecule has 4 rings (SSSR count). The first-order chi connectivity index (χ1) is 14.3. The van der Waals surface area contributed by atoms with Crippen molar-refractivity contribution >= 4 is 5.91 Å². The van der Waals surface area contributed by atoms with E-state index in [2.05, 4.69) is 20.5 Å². The lowest BCUT2D eigenvalue weighted by atomic mass is 10.1. The molecule has 10 heteroatoms. The molecule has 0 aromatic carbocycles. The summed E-state index contributed by atoms with van der Waals surface area (Å²) < 4.78 is 40.9. The van der Waals surface area contributed by atoms with Gasteiger partial charge in [-0.1, -0.05) is 12.1 Å². The summed E-state index contributed by atoms with van der Waals surface area (Å²) in [5.74, 6) is -0.843. The zero-order valence-electron chi connectivity index (χ0n) is 16.0. The summed E-state index contributed by atoms with van der Waals surface area (Å²) in [4.78, 5) is 20.5. The number of pyridine rings is 1. The van der Waals surface area contributed by atoms with Crippen molar-refractivity contribution in [2.24, 2.45) is 0 Å². The highest BCUT2D eigenvalue weighted by Crippen LogP contribution is 2.33. The Hall–Kier alpha value is -2.85. The number of aromatic nitrogens is 1. The van der Waals surface area contributed by atoms with Crippen LogP contribution in [0.2, 0.25) is 0 Å². The van der Waals surface area contributed by atoms with Crippen LogP contribution in [0.5, 0.6) is 0 Å². The third-order valence-corrected chi connectivity index (χ3v) is 5.32. The van der Waals surface area contributed by atoms with Crippen LogP contribution in [0.15, 0.2) is 60.3 Å². The van der Waals surface area contributed by atoms with Crippen LogP contribution in [0.4, 0.5) is 13.2 Å². The largest absolute Gasteiger partial charge is 0.412 e. The van der Waals surface area contributed by atoms with Gasteiger partial charge in [0.1, 0.15) is 11.9 Å². The summed E-state index contributed by atoms with van der Waals surface area (Å²) in [5.41, 5.74) is 0.450. The molecule has 3 atom stereocenters. The van der Waals surface area contributed by atoms with Gasteiger partial charge in [0.2, 0.25) is 0 Å². The number of nitrogens with zero attached hydrogens (tertiary/aromatic N) is 3. The maximum absolute atomic E-state index is 13.6. The third-order valence-electron chi connectivity index (χ3n) is 5.32. The molecule has 1 amide bonds. The van der Waals surface area contributed by atoms with Crippen LogP contribution in [0.1, 0.15) is 18.0 Å². The first-order valence-electron chi connectivity index (χ1n) is 9.65. The fraction of sp³-hybridized carbons (Fsp3) is 0.400. The molecule has 1 aromatic rings. The average Bonchev–Trinajstić information content (AvgIpc) is 3.30. The van der Waals surface area contributed by atoms with Crippen LogP contribution in [0, 0.1) is 0 Å². The van der Waals surface area contributed by atoms with Crippen molar-refractivity contribution in [1.82, 2.24) is 25.4 Å². The molecule has 3 N–H and O–H groups in total. The van der Waals surface area contributed by atoms with Crippen molar-refractivity contribution in [2.75, 3.05) is 19.6 Å². The molecule has 3 aliphatic heterocycles. The van der Waals surface area contributed by atoms with Crippen LogP contribution in [-0.2, 0) is 4.79 Å². The van der Waals surface area contributed by atoms with E-state index in [0.717, 1.165) is 12.7 Å². The lowest BCUT2D eigenvalue weighted by molar-refractivity contribution is -0.162. The minimum absolute atomic E-state index is 0.0819. The Morgan fingerprint density at radius 3 is 2.90 bits per heavy atom. The van der Waals surface area contributed by atoms with E-state index in [0.29, 0.717) is 25.2 Å². The molecule has 1 fully saturated rings. The van der Waals surface area contributed by atoms with Crippen LogP contribution < -0.4 is 10.6 Å². The highest BCUT2D eigenvalue weighted by Gasteiger charge is 2.44. The van der Waals surface area contributed by atoms with Gasteiger partial charge >= 0.3 is 6.18 Å². The highest BCUT2D eigenvalue weighted by atomic mass is 19.4. The SMILES string of the molecule is O=C(NC(c1cccnc1)C(F)(F)F)C1=C2C=CC=CN2C(CN2CCC(O)C2)N1. The molecular formula is C20H22F3N5O2. The van der Waals surface area contributed by atoms with Crippen LogP contribution in [0.25, 0.3) is 0 Å². The predicted octanol–water partition coefficient (Wildman–Crippen LogP) is 1.39. The van der Waals surface area contributed by atoms with Crippen molar-refractivity contribution in [3.05, 3.63) is 65.9 Å². The topological polar surface area (TPSA) is 80.7 Å². The number of carbonyl (C=O) groups is 1. The van der Waals surface area contributed by atoms with Gasteiger partial charge in [0, 0.05) is 43.8 Å². The molecule has 3 unspecified atom stereocenters. The maximum atomic E-state index is 13.6. The molecule has 30 heavy (non-hydrogen) atoms. The van der Waals surface area contributed by atoms with Crippen molar-refractivity contribution in [3.63, 3.8) is 0 Å². The molecular weight excluding hydrogens is 399 g/mol. The predicted molar refractivity (Wildman–Crippen MR) is 102 cm³/mol. The number of halogens is 3. The first-order valence-corrected chi connectivity index (χ1v) is 9.65. The third kappa shape index (κ3) is 4.19. The number of aliphatic hydroxyl groups is 1. The zero-order valence-corrected chi connectivity index (χ0v) is 16.0. The van der Waals surface area contributed by atoms with E-state index in [4.69, 9.17) is 0 Å². The van der Waals surface area contributed by atoms with Gasteiger partial charge in [-0.3, -0.25) is 14.7 Å². The van der Waals surface area contributed by atoms with Crippen molar-refractivity contribution < 1.29 is 23.1 Å². The van der Waals surface area contributed by atoms with Crippen molar-refractivity contribution in [3.8, 4) is 0 Å². The number of nitrogens with one attached hydrogen (secondary N) is 2. The molecule has 0 radical (unpaired) electrons. The summed E-state index contributed by atoms with van der Waals surface area (Å²) in [6.07, 6.45) is 4.76. The van der Waals surface area contributed by atoms with Crippen molar-refractivity contribution in [2.45, 2.75) is 30.9 Å². The molecule has 0 spiro atoms. The monoisotopic (exact) mass is 421 g/mol. The molecule has 160 valence electrons. The zero-order chi connectivity index (χ0) is 21.3. The summed E-state index contributed by atoms with van der Waals surface area (Å²) in [5, 5.41) is 14.9. The Morgan fingerprint density at radius 2 is 2.23 bits per heavy atom. The number of rotatable bonds is 5. The number of aliphatic hydroxyl groups excluding tert-OH is 1. The second-order valence-electron chi connectivity index (χ2n) is 7.46. The van der Waals surface area contributed by atoms with Crippen LogP contribution in [0.3, 0.4) is 0 Å². The number of hydrogen-bond donors (Lipinski definition) is 3. The highest BCUT2D eigenvalue weighted by molar-refractivity contribution is 5.95. The van der Waals surface area contributed by atoms with E-state index in [1.165, 1.54) is 18.3 Å². The number of allylic oxidation sites excluding steroid dienone is 3. The fourth-order valence-corrected chi connectivity index (χ4v) is 3.89. The quantitative estimate of drug-likeness (QED) is 0.667. The molecule has 1 aromatic heterocycles. The smallest absolute Gasteiger partial charge is 0.392 e. The Kier molecular flexibility index (Phi) is 5.52. The number of amides is 1. The van der Waals surface area contributed by atoms with E-state index in [9.17, 15) is 23.1 Å². The summed E-state index contributed by atoms with van der Waals surface area (Å²) in [6, 6.07) is 0.507. The Morgan fingerprint density at radius 1 is 1.40 bits per heavy atom. The van der Waals surface area contributed by atoms with Gasteiger partial charge in [-0.2, -0.15) is 13.2 Å². The van der Waals surface area contributed by atoms with Gasteiger partial charge in [0.15, 0.2) is 6.04 Å². The second kappa shape index (κ2) is 8.11. The second-order valence-corrected chi connectivity index (χ2v) is 7.46. The normalized spacial score (nSPS) is 24.7. The number of β-amino-alcohol motifs (C(OH)–C–C–N with tert-alkyl or cyclic N) is 1. The van der Waals surface area contributed by atoms with Gasteiger partial charge < -0.3 is 20.6 Å². The standard InChI is InChI=1S/C20H22F3N5O2/c21-20(22,23)18(13-4-3-7-24-10-13)26-19(30)17-15-5-1-2-8-28(15)16(25-17)12-27-9-6-14(29)11-27/h1-5,7-8,10,14,16,18,25,29H,6,9,11-12H2,(H,26,30). The van der Waals surface area contributed by atoms with E-state index in [1.54, 1.807) is 24.4 Å². The minimum atomic E-state index is -4.67. The summed E-state index contributed by atoms with van der Waals surface area (Å²) in [6.45, 7) is 1.77. The molecule has 7 nitrogen and oxygen atoms in total. The van der Waals surface area contributed by atoms with Gasteiger partial charge in [0.05, 0.1) is 11.8 Å². The number of fused-ring (bicyclic) bond motifs is 1. The van der Waals surface area contributed by atoms with Gasteiger partial charge in [0.25, 0.3) is 5.91 Å². The van der Waals surface area contributed by atoms with Crippen LogP contribution >= 0.6 is 0 Å². The number of hydrogen-bond acceptors (Lipinski definition) is 6. The molecule has 0 aliphatic carbocycles.